The van der Waals surface area contributed by atoms with Crippen LogP contribution in [0.2, 0.25) is 5.15 Å². The molecule has 0 aliphatic heterocycles. The zero-order chi connectivity index (χ0) is 13.3. The van der Waals surface area contributed by atoms with Gasteiger partial charge in [0.05, 0.1) is 0 Å². The van der Waals surface area contributed by atoms with Crippen LogP contribution >= 0.6 is 11.6 Å². The Morgan fingerprint density at radius 3 is 2.78 bits per heavy atom. The van der Waals surface area contributed by atoms with Crippen LogP contribution in [0.4, 0.5) is 0 Å². The highest BCUT2D eigenvalue weighted by Crippen LogP contribution is 2.03. The van der Waals surface area contributed by atoms with E-state index in [0.717, 1.165) is 4.57 Å². The van der Waals surface area contributed by atoms with Crippen LogP contribution in [-0.2, 0) is 20.0 Å². The highest BCUT2D eigenvalue weighted by molar-refractivity contribution is 6.30. The van der Waals surface area contributed by atoms with Crippen molar-refractivity contribution in [3.8, 4) is 0 Å². The molecule has 0 fully saturated rings. The van der Waals surface area contributed by atoms with Gasteiger partial charge in [0.2, 0.25) is 0 Å². The van der Waals surface area contributed by atoms with E-state index in [1.165, 1.54) is 0 Å². The molecule has 0 aromatic carbocycles. The molecule has 0 atom stereocenters. The van der Waals surface area contributed by atoms with E-state index < -0.39 is 5.69 Å². The molecule has 1 N–H and O–H groups in total. The van der Waals surface area contributed by atoms with Crippen molar-refractivity contribution in [1.82, 2.24) is 24.3 Å². The third kappa shape index (κ3) is 2.21. The molecular formula is C10H12ClN5O2. The van der Waals surface area contributed by atoms with Crippen molar-refractivity contribution >= 4 is 11.6 Å². The monoisotopic (exact) mass is 269 g/mol. The second-order valence-electron chi connectivity index (χ2n) is 3.93. The van der Waals surface area contributed by atoms with Gasteiger partial charge < -0.3 is 4.57 Å². The fourth-order valence-electron chi connectivity index (χ4n) is 1.59. The maximum Gasteiger partial charge on any atom is 0.329 e. The number of aromatic nitrogens is 5. The molecule has 0 saturated carbocycles. The van der Waals surface area contributed by atoms with E-state index in [-0.39, 0.29) is 17.3 Å². The molecule has 8 heteroatoms. The Morgan fingerprint density at radius 2 is 2.17 bits per heavy atom. The van der Waals surface area contributed by atoms with E-state index in [9.17, 15) is 9.59 Å². The number of nitrogens with zero attached hydrogens (tertiary/aromatic N) is 4. The van der Waals surface area contributed by atoms with Gasteiger partial charge in [-0.2, -0.15) is 0 Å². The maximum atomic E-state index is 11.9. The summed E-state index contributed by atoms with van der Waals surface area (Å²) in [7, 11) is 1.80. The molecule has 0 bridgehead atoms. The van der Waals surface area contributed by atoms with E-state index in [0.29, 0.717) is 17.8 Å². The Balaban J connectivity index is 2.31. The number of halogens is 1. The largest absolute Gasteiger partial charge is 0.329 e. The molecule has 0 amide bonds. The molecule has 0 unspecified atom stereocenters. The van der Waals surface area contributed by atoms with Crippen molar-refractivity contribution in [2.75, 3.05) is 0 Å². The molecule has 2 aromatic rings. The molecule has 96 valence electrons. The topological polar surface area (TPSA) is 85.6 Å². The lowest BCUT2D eigenvalue weighted by molar-refractivity contribution is 0.596. The molecule has 2 aromatic heterocycles. The number of rotatable bonds is 3. The number of nitrogens with one attached hydrogen (secondary N) is 1. The van der Waals surface area contributed by atoms with Crippen LogP contribution in [0, 0.1) is 6.92 Å². The van der Waals surface area contributed by atoms with E-state index >= 15 is 0 Å². The molecule has 0 saturated heterocycles. The van der Waals surface area contributed by atoms with Gasteiger partial charge in [-0.3, -0.25) is 14.3 Å². The third-order valence-corrected chi connectivity index (χ3v) is 3.10. The van der Waals surface area contributed by atoms with Crippen LogP contribution in [0.25, 0.3) is 0 Å². The maximum absolute atomic E-state index is 11.9. The van der Waals surface area contributed by atoms with Crippen molar-refractivity contribution < 1.29 is 0 Å². The molecule has 0 aliphatic rings. The standard InChI is InChI=1S/C10H12ClN5O2/c1-6-8(11)13-10(18)16(9(6)17)4-3-7-14-12-5-15(7)2/h5H,3-4H2,1-2H3,(H,13,18). The number of hydrogen-bond acceptors (Lipinski definition) is 4. The zero-order valence-corrected chi connectivity index (χ0v) is 10.7. The molecule has 0 radical (unpaired) electrons. The van der Waals surface area contributed by atoms with E-state index in [1.807, 2.05) is 0 Å². The summed E-state index contributed by atoms with van der Waals surface area (Å²) >= 11 is 5.72. The fraction of sp³-hybridized carbons (Fsp3) is 0.400. The van der Waals surface area contributed by atoms with Crippen molar-refractivity contribution in [3.63, 3.8) is 0 Å². The predicted molar refractivity (Wildman–Crippen MR) is 65.8 cm³/mol. The van der Waals surface area contributed by atoms with Crippen LogP contribution in [0.3, 0.4) is 0 Å². The SMILES string of the molecule is Cc1c(Cl)[nH]c(=O)n(CCc2nncn2C)c1=O. The van der Waals surface area contributed by atoms with Crippen LogP contribution < -0.4 is 11.2 Å². The summed E-state index contributed by atoms with van der Waals surface area (Å²) in [5.74, 6) is 0.703. The Kier molecular flexibility index (Phi) is 3.33. The first kappa shape index (κ1) is 12.6. The molecule has 0 spiro atoms. The van der Waals surface area contributed by atoms with Gasteiger partial charge in [0.1, 0.15) is 17.3 Å². The second kappa shape index (κ2) is 4.77. The molecule has 18 heavy (non-hydrogen) atoms. The molecule has 7 nitrogen and oxygen atoms in total. The van der Waals surface area contributed by atoms with Crippen molar-refractivity contribution in [1.29, 1.82) is 0 Å². The Labute approximate surface area is 107 Å². The van der Waals surface area contributed by atoms with Crippen LogP contribution in [0.5, 0.6) is 0 Å². The van der Waals surface area contributed by atoms with Gasteiger partial charge in [-0.25, -0.2) is 4.79 Å². The van der Waals surface area contributed by atoms with Crippen molar-refractivity contribution in [2.45, 2.75) is 19.9 Å². The smallest absolute Gasteiger partial charge is 0.321 e. The summed E-state index contributed by atoms with van der Waals surface area (Å²) in [5.41, 5.74) is -0.571. The van der Waals surface area contributed by atoms with E-state index in [1.54, 1.807) is 24.9 Å². The highest BCUT2D eigenvalue weighted by atomic mass is 35.5. The number of H-pyrrole nitrogens is 1. The van der Waals surface area contributed by atoms with Crippen LogP contribution in [-0.4, -0.2) is 24.3 Å². The van der Waals surface area contributed by atoms with Gasteiger partial charge in [0.25, 0.3) is 5.56 Å². The predicted octanol–water partition coefficient (Wildman–Crippen LogP) is -0.130. The third-order valence-electron chi connectivity index (χ3n) is 2.72. The Bertz CT molecular complexity index is 684. The molecular weight excluding hydrogens is 258 g/mol. The van der Waals surface area contributed by atoms with Gasteiger partial charge in [0.15, 0.2) is 0 Å². The summed E-state index contributed by atoms with van der Waals surface area (Å²) in [6.45, 7) is 1.80. The lowest BCUT2D eigenvalue weighted by atomic mass is 10.3. The first-order valence-electron chi connectivity index (χ1n) is 5.33. The average Bonchev–Trinajstić information content (AvgIpc) is 2.72. The Hall–Kier alpha value is -1.89. The number of aromatic amines is 1. The Morgan fingerprint density at radius 1 is 1.44 bits per heavy atom. The minimum absolute atomic E-state index is 0.0832. The van der Waals surface area contributed by atoms with Crippen LogP contribution in [0.15, 0.2) is 15.9 Å². The van der Waals surface area contributed by atoms with Gasteiger partial charge in [-0.15, -0.1) is 10.2 Å². The normalized spacial score (nSPS) is 10.8. The van der Waals surface area contributed by atoms with Crippen molar-refractivity contribution in [3.05, 3.63) is 43.7 Å². The summed E-state index contributed by atoms with van der Waals surface area (Å²) in [6, 6.07) is 0. The summed E-state index contributed by atoms with van der Waals surface area (Å²) in [5, 5.41) is 7.70. The highest BCUT2D eigenvalue weighted by Gasteiger charge is 2.10. The molecule has 2 heterocycles. The average molecular weight is 270 g/mol. The van der Waals surface area contributed by atoms with Crippen LogP contribution in [0.1, 0.15) is 11.4 Å². The first-order valence-corrected chi connectivity index (χ1v) is 5.70. The quantitative estimate of drug-likeness (QED) is 0.787. The summed E-state index contributed by atoms with van der Waals surface area (Å²) in [4.78, 5) is 25.9. The lowest BCUT2D eigenvalue weighted by Gasteiger charge is -2.06. The number of hydrogen-bond donors (Lipinski definition) is 1. The minimum atomic E-state index is -0.516. The van der Waals surface area contributed by atoms with Gasteiger partial charge >= 0.3 is 5.69 Å². The summed E-state index contributed by atoms with van der Waals surface area (Å²) < 4.78 is 2.85. The molecule has 2 rings (SSSR count). The second-order valence-corrected chi connectivity index (χ2v) is 4.31. The molecule has 0 aliphatic carbocycles. The van der Waals surface area contributed by atoms with E-state index in [4.69, 9.17) is 11.6 Å². The van der Waals surface area contributed by atoms with Crippen molar-refractivity contribution in [2.24, 2.45) is 7.05 Å². The minimum Gasteiger partial charge on any atom is -0.321 e. The van der Waals surface area contributed by atoms with E-state index in [2.05, 4.69) is 15.2 Å². The van der Waals surface area contributed by atoms with Gasteiger partial charge in [0, 0.05) is 25.6 Å². The zero-order valence-electron chi connectivity index (χ0n) is 9.97. The fourth-order valence-corrected chi connectivity index (χ4v) is 1.75. The van der Waals surface area contributed by atoms with Gasteiger partial charge in [-0.1, -0.05) is 11.6 Å². The summed E-state index contributed by atoms with van der Waals surface area (Å²) in [6.07, 6.45) is 2.01. The first-order chi connectivity index (χ1) is 8.50. The lowest BCUT2D eigenvalue weighted by Crippen LogP contribution is -2.37. The van der Waals surface area contributed by atoms with Gasteiger partial charge in [-0.05, 0) is 6.92 Å². The number of aryl methyl sites for hydroxylation is 2.